The van der Waals surface area contributed by atoms with Crippen LogP contribution in [-0.2, 0) is 13.0 Å². The maximum Gasteiger partial charge on any atom is 0.108 e. The van der Waals surface area contributed by atoms with Crippen LogP contribution < -0.4 is 5.32 Å². The van der Waals surface area contributed by atoms with Crippen LogP contribution in [0, 0.1) is 0 Å². The van der Waals surface area contributed by atoms with Crippen molar-refractivity contribution in [3.8, 4) is 0 Å². The maximum absolute atomic E-state index is 4.40. The van der Waals surface area contributed by atoms with E-state index in [2.05, 4.69) is 46.1 Å². The summed E-state index contributed by atoms with van der Waals surface area (Å²) in [5.41, 5.74) is 0. The van der Waals surface area contributed by atoms with Gasteiger partial charge in [0.05, 0.1) is 0 Å². The van der Waals surface area contributed by atoms with Crippen LogP contribution in [-0.4, -0.2) is 58.2 Å². The van der Waals surface area contributed by atoms with Gasteiger partial charge in [0, 0.05) is 49.7 Å². The van der Waals surface area contributed by atoms with Crippen LogP contribution in [0.3, 0.4) is 0 Å². The van der Waals surface area contributed by atoms with Crippen molar-refractivity contribution < 1.29 is 0 Å². The Morgan fingerprint density at radius 3 is 2.86 bits per heavy atom. The van der Waals surface area contributed by atoms with Crippen LogP contribution in [0.5, 0.6) is 0 Å². The van der Waals surface area contributed by atoms with E-state index in [1.54, 1.807) is 0 Å². The number of aromatic nitrogens is 2. The molecule has 0 spiro atoms. The molecule has 21 heavy (non-hydrogen) atoms. The molecule has 1 aromatic heterocycles. The highest BCUT2D eigenvalue weighted by atomic mass is 32.2. The molecule has 0 radical (unpaired) electrons. The van der Waals surface area contributed by atoms with E-state index in [9.17, 15) is 0 Å². The average Bonchev–Trinajstić information content (AvgIpc) is 2.93. The minimum Gasteiger partial charge on any atom is -0.333 e. The molecule has 2 rings (SSSR count). The van der Waals surface area contributed by atoms with Gasteiger partial charge in [0.2, 0.25) is 0 Å². The molecule has 1 unspecified atom stereocenters. The quantitative estimate of drug-likeness (QED) is 0.798. The van der Waals surface area contributed by atoms with Crippen molar-refractivity contribution in [3.63, 3.8) is 0 Å². The third kappa shape index (κ3) is 5.31. The highest BCUT2D eigenvalue weighted by molar-refractivity contribution is 7.98. The Morgan fingerprint density at radius 1 is 1.43 bits per heavy atom. The summed E-state index contributed by atoms with van der Waals surface area (Å²) in [6, 6.07) is 1.19. The summed E-state index contributed by atoms with van der Waals surface area (Å²) in [4.78, 5) is 7.00. The summed E-state index contributed by atoms with van der Waals surface area (Å²) in [5, 5.41) is 3.80. The molecule has 0 aliphatic carbocycles. The lowest BCUT2D eigenvalue weighted by atomic mass is 10.0. The summed E-state index contributed by atoms with van der Waals surface area (Å²) in [5.74, 6) is 2.45. The first-order valence-electron chi connectivity index (χ1n) is 8.20. The van der Waals surface area contributed by atoms with Gasteiger partial charge in [0.25, 0.3) is 0 Å². The molecular formula is C16H30N4S. The molecule has 0 bridgehead atoms. The van der Waals surface area contributed by atoms with Crippen LogP contribution >= 0.6 is 11.8 Å². The van der Waals surface area contributed by atoms with Crippen molar-refractivity contribution in [2.45, 2.75) is 51.7 Å². The average molecular weight is 311 g/mol. The minimum atomic E-state index is 0.507. The number of thioether (sulfide) groups is 1. The molecule has 1 aromatic rings. The van der Waals surface area contributed by atoms with E-state index in [-0.39, 0.29) is 0 Å². The third-order valence-corrected chi connectivity index (χ3v) is 4.90. The summed E-state index contributed by atoms with van der Waals surface area (Å²) in [6.07, 6.45) is 9.77. The van der Waals surface area contributed by atoms with E-state index < -0.39 is 0 Å². The Labute approximate surface area is 133 Å². The standard InChI is InChI=1S/C16H30N4S/c1-4-16-17-7-10-20(16)13-14(2)18-15-5-8-19(9-6-15)11-12-21-3/h7,10,14-15,18H,4-6,8-9,11-13H2,1-3H3. The Hall–Kier alpha value is -0.520. The van der Waals surface area contributed by atoms with Crippen molar-refractivity contribution in [1.29, 1.82) is 0 Å². The normalized spacial score (nSPS) is 19.0. The number of hydrogen-bond acceptors (Lipinski definition) is 4. The largest absolute Gasteiger partial charge is 0.333 e. The maximum atomic E-state index is 4.40. The fourth-order valence-corrected chi connectivity index (χ4v) is 3.56. The molecule has 0 saturated carbocycles. The molecule has 0 aromatic carbocycles. The summed E-state index contributed by atoms with van der Waals surface area (Å²) in [6.45, 7) is 9.22. The monoisotopic (exact) mass is 310 g/mol. The van der Waals surface area contributed by atoms with E-state index in [1.165, 1.54) is 44.1 Å². The first-order valence-corrected chi connectivity index (χ1v) is 9.59. The first kappa shape index (κ1) is 16.8. The van der Waals surface area contributed by atoms with Gasteiger partial charge in [-0.1, -0.05) is 6.92 Å². The van der Waals surface area contributed by atoms with Crippen LogP contribution in [0.2, 0.25) is 0 Å². The summed E-state index contributed by atoms with van der Waals surface area (Å²) in [7, 11) is 0. The highest BCUT2D eigenvalue weighted by Crippen LogP contribution is 2.12. The number of rotatable bonds is 8. The number of imidazole rings is 1. The SMILES string of the molecule is CCc1nccn1CC(C)NC1CCN(CCSC)CC1. The number of nitrogens with one attached hydrogen (secondary N) is 1. The zero-order chi connectivity index (χ0) is 15.1. The third-order valence-electron chi connectivity index (χ3n) is 4.31. The van der Waals surface area contributed by atoms with Gasteiger partial charge < -0.3 is 14.8 Å². The van der Waals surface area contributed by atoms with Crippen LogP contribution in [0.4, 0.5) is 0 Å². The topological polar surface area (TPSA) is 33.1 Å². The van der Waals surface area contributed by atoms with Gasteiger partial charge in [-0.3, -0.25) is 0 Å². The zero-order valence-corrected chi connectivity index (χ0v) is 14.5. The van der Waals surface area contributed by atoms with Crippen molar-refractivity contribution in [1.82, 2.24) is 19.8 Å². The van der Waals surface area contributed by atoms with E-state index in [0.29, 0.717) is 12.1 Å². The van der Waals surface area contributed by atoms with E-state index in [4.69, 9.17) is 0 Å². The number of nitrogens with zero attached hydrogens (tertiary/aromatic N) is 3. The van der Waals surface area contributed by atoms with Gasteiger partial charge in [-0.05, 0) is 39.1 Å². The number of hydrogen-bond donors (Lipinski definition) is 1. The van der Waals surface area contributed by atoms with Gasteiger partial charge in [-0.15, -0.1) is 0 Å². The second kappa shape index (κ2) is 8.81. The number of piperidine rings is 1. The van der Waals surface area contributed by atoms with Gasteiger partial charge in [0.15, 0.2) is 0 Å². The lowest BCUT2D eigenvalue weighted by Crippen LogP contribution is -2.46. The molecule has 1 fully saturated rings. The van der Waals surface area contributed by atoms with Crippen LogP contribution in [0.25, 0.3) is 0 Å². The Morgan fingerprint density at radius 2 is 2.19 bits per heavy atom. The summed E-state index contributed by atoms with van der Waals surface area (Å²) >= 11 is 1.95. The number of aryl methyl sites for hydroxylation is 1. The molecule has 0 amide bonds. The fraction of sp³-hybridized carbons (Fsp3) is 0.812. The van der Waals surface area contributed by atoms with Crippen LogP contribution in [0.1, 0.15) is 32.5 Å². The molecular weight excluding hydrogens is 280 g/mol. The lowest BCUT2D eigenvalue weighted by molar-refractivity contribution is 0.199. The zero-order valence-electron chi connectivity index (χ0n) is 13.7. The predicted octanol–water partition coefficient (Wildman–Crippen LogP) is 2.25. The molecule has 1 N–H and O–H groups in total. The van der Waals surface area contributed by atoms with E-state index in [0.717, 1.165) is 13.0 Å². The highest BCUT2D eigenvalue weighted by Gasteiger charge is 2.20. The van der Waals surface area contributed by atoms with Crippen molar-refractivity contribution >= 4 is 11.8 Å². The van der Waals surface area contributed by atoms with Crippen molar-refractivity contribution in [3.05, 3.63) is 18.2 Å². The fourth-order valence-electron chi connectivity index (χ4n) is 3.11. The molecule has 1 atom stereocenters. The lowest BCUT2D eigenvalue weighted by Gasteiger charge is -2.34. The second-order valence-electron chi connectivity index (χ2n) is 6.03. The predicted molar refractivity (Wildman–Crippen MR) is 92.0 cm³/mol. The second-order valence-corrected chi connectivity index (χ2v) is 7.01. The van der Waals surface area contributed by atoms with Crippen molar-refractivity contribution in [2.24, 2.45) is 0 Å². The molecule has 1 saturated heterocycles. The first-order chi connectivity index (χ1) is 10.2. The van der Waals surface area contributed by atoms with E-state index in [1.807, 2.05) is 18.0 Å². The van der Waals surface area contributed by atoms with Gasteiger partial charge in [-0.25, -0.2) is 4.98 Å². The Bertz CT molecular complexity index is 399. The molecule has 120 valence electrons. The van der Waals surface area contributed by atoms with Crippen LogP contribution in [0.15, 0.2) is 12.4 Å². The summed E-state index contributed by atoms with van der Waals surface area (Å²) < 4.78 is 2.28. The number of likely N-dealkylation sites (tertiary alicyclic amines) is 1. The van der Waals surface area contributed by atoms with E-state index >= 15 is 0 Å². The van der Waals surface area contributed by atoms with Crippen molar-refractivity contribution in [2.75, 3.05) is 31.6 Å². The molecule has 1 aliphatic heterocycles. The molecule has 1 aliphatic rings. The Kier molecular flexibility index (Phi) is 7.07. The molecule has 5 heteroatoms. The Balaban J connectivity index is 1.70. The van der Waals surface area contributed by atoms with Gasteiger partial charge in [-0.2, -0.15) is 11.8 Å². The minimum absolute atomic E-state index is 0.507. The molecule has 2 heterocycles. The molecule has 4 nitrogen and oxygen atoms in total. The van der Waals surface area contributed by atoms with Gasteiger partial charge >= 0.3 is 0 Å². The van der Waals surface area contributed by atoms with Gasteiger partial charge in [0.1, 0.15) is 5.82 Å². The smallest absolute Gasteiger partial charge is 0.108 e.